The quantitative estimate of drug-likeness (QED) is 0.772. The molecule has 0 amide bonds. The van der Waals surface area contributed by atoms with Crippen molar-refractivity contribution in [2.45, 2.75) is 39.2 Å². The van der Waals surface area contributed by atoms with Crippen LogP contribution in [-0.2, 0) is 24.2 Å². The molecule has 23 heavy (non-hydrogen) atoms. The zero-order valence-electron chi connectivity index (χ0n) is 13.5. The molecule has 2 aromatic rings. The first-order valence-electron chi connectivity index (χ1n) is 8.27. The number of benzene rings is 2. The van der Waals surface area contributed by atoms with Crippen LogP contribution in [0.2, 0.25) is 0 Å². The van der Waals surface area contributed by atoms with Crippen LogP contribution >= 0.6 is 0 Å². The minimum atomic E-state index is -0.283. The molecule has 0 aliphatic heterocycles. The number of hydrogen-bond acceptors (Lipinski definition) is 3. The molecule has 0 bridgehead atoms. The summed E-state index contributed by atoms with van der Waals surface area (Å²) in [6.45, 7) is 2.70. The van der Waals surface area contributed by atoms with Crippen LogP contribution in [0.1, 0.15) is 46.8 Å². The lowest BCUT2D eigenvalue weighted by Crippen LogP contribution is -2.05. The average Bonchev–Trinajstić information content (AvgIpc) is 2.60. The van der Waals surface area contributed by atoms with E-state index in [0.717, 1.165) is 17.7 Å². The van der Waals surface area contributed by atoms with E-state index in [2.05, 4.69) is 18.2 Å². The molecule has 0 heterocycles. The van der Waals surface area contributed by atoms with E-state index in [4.69, 9.17) is 9.47 Å². The Kier molecular flexibility index (Phi) is 4.96. The van der Waals surface area contributed by atoms with E-state index in [1.807, 2.05) is 12.1 Å². The number of carbonyl (C=O) groups excluding carboxylic acids is 1. The Hall–Kier alpha value is -2.29. The van der Waals surface area contributed by atoms with Crippen molar-refractivity contribution in [3.05, 3.63) is 64.7 Å². The summed E-state index contributed by atoms with van der Waals surface area (Å²) in [6.07, 6.45) is 4.90. The normalized spacial score (nSPS) is 13.3. The van der Waals surface area contributed by atoms with Crippen molar-refractivity contribution in [2.75, 3.05) is 6.61 Å². The highest BCUT2D eigenvalue weighted by atomic mass is 16.5. The molecule has 0 unspecified atom stereocenters. The summed E-state index contributed by atoms with van der Waals surface area (Å²) >= 11 is 0. The molecular weight excluding hydrogens is 288 g/mol. The van der Waals surface area contributed by atoms with Gasteiger partial charge in [-0.05, 0) is 73.6 Å². The Morgan fingerprint density at radius 3 is 2.48 bits per heavy atom. The molecule has 120 valence electrons. The topological polar surface area (TPSA) is 35.5 Å². The number of carbonyl (C=O) groups is 1. The highest BCUT2D eigenvalue weighted by molar-refractivity contribution is 5.89. The zero-order valence-corrected chi connectivity index (χ0v) is 13.5. The first-order valence-corrected chi connectivity index (χ1v) is 8.27. The Balaban J connectivity index is 1.61. The Morgan fingerprint density at radius 1 is 1.00 bits per heavy atom. The predicted molar refractivity (Wildman–Crippen MR) is 89.8 cm³/mol. The van der Waals surface area contributed by atoms with Crippen LogP contribution in [0.4, 0.5) is 0 Å². The maximum atomic E-state index is 11.6. The van der Waals surface area contributed by atoms with Crippen molar-refractivity contribution in [3.63, 3.8) is 0 Å². The van der Waals surface area contributed by atoms with Crippen molar-refractivity contribution >= 4 is 5.97 Å². The van der Waals surface area contributed by atoms with E-state index in [1.54, 1.807) is 19.1 Å². The SMILES string of the molecule is CCOC(=O)c1ccc(COc2ccc3c(c2)CCCC3)cc1. The van der Waals surface area contributed by atoms with Crippen molar-refractivity contribution in [3.8, 4) is 5.75 Å². The lowest BCUT2D eigenvalue weighted by molar-refractivity contribution is 0.0526. The van der Waals surface area contributed by atoms with Gasteiger partial charge in [-0.25, -0.2) is 4.79 Å². The van der Waals surface area contributed by atoms with Gasteiger partial charge in [0.2, 0.25) is 0 Å². The summed E-state index contributed by atoms with van der Waals surface area (Å²) in [4.78, 5) is 11.6. The fourth-order valence-corrected chi connectivity index (χ4v) is 2.92. The summed E-state index contributed by atoms with van der Waals surface area (Å²) in [5.74, 6) is 0.634. The lowest BCUT2D eigenvalue weighted by atomic mass is 9.92. The van der Waals surface area contributed by atoms with E-state index >= 15 is 0 Å². The molecule has 1 aliphatic carbocycles. The number of rotatable bonds is 5. The smallest absolute Gasteiger partial charge is 0.338 e. The average molecular weight is 310 g/mol. The molecule has 2 aromatic carbocycles. The van der Waals surface area contributed by atoms with Crippen LogP contribution in [0.5, 0.6) is 5.75 Å². The third-order valence-electron chi connectivity index (χ3n) is 4.19. The first-order chi connectivity index (χ1) is 11.3. The molecule has 3 nitrogen and oxygen atoms in total. The van der Waals surface area contributed by atoms with Crippen molar-refractivity contribution in [1.29, 1.82) is 0 Å². The van der Waals surface area contributed by atoms with Gasteiger partial charge in [-0.2, -0.15) is 0 Å². The summed E-state index contributed by atoms with van der Waals surface area (Å²) in [5, 5.41) is 0. The number of ether oxygens (including phenoxy) is 2. The molecule has 0 radical (unpaired) electrons. The second kappa shape index (κ2) is 7.32. The van der Waals surface area contributed by atoms with Gasteiger partial charge in [-0.15, -0.1) is 0 Å². The molecule has 3 rings (SSSR count). The van der Waals surface area contributed by atoms with Gasteiger partial charge in [-0.3, -0.25) is 0 Å². The van der Waals surface area contributed by atoms with Gasteiger partial charge in [-0.1, -0.05) is 18.2 Å². The van der Waals surface area contributed by atoms with E-state index in [0.29, 0.717) is 18.8 Å². The zero-order chi connectivity index (χ0) is 16.1. The van der Waals surface area contributed by atoms with E-state index in [1.165, 1.54) is 30.4 Å². The van der Waals surface area contributed by atoms with Gasteiger partial charge in [0.15, 0.2) is 0 Å². The second-order valence-corrected chi connectivity index (χ2v) is 5.84. The van der Waals surface area contributed by atoms with Crippen LogP contribution < -0.4 is 4.74 Å². The first kappa shape index (κ1) is 15.6. The third kappa shape index (κ3) is 3.92. The highest BCUT2D eigenvalue weighted by Gasteiger charge is 2.10. The van der Waals surface area contributed by atoms with Gasteiger partial charge in [0, 0.05) is 0 Å². The fourth-order valence-electron chi connectivity index (χ4n) is 2.92. The molecular formula is C20H22O3. The fraction of sp³-hybridized carbons (Fsp3) is 0.350. The van der Waals surface area contributed by atoms with Gasteiger partial charge in [0.25, 0.3) is 0 Å². The summed E-state index contributed by atoms with van der Waals surface area (Å²) < 4.78 is 10.9. The molecule has 0 aromatic heterocycles. The molecule has 0 spiro atoms. The van der Waals surface area contributed by atoms with Crippen LogP contribution in [0.25, 0.3) is 0 Å². The molecule has 0 N–H and O–H groups in total. The van der Waals surface area contributed by atoms with Crippen LogP contribution in [0, 0.1) is 0 Å². The van der Waals surface area contributed by atoms with Gasteiger partial charge < -0.3 is 9.47 Å². The van der Waals surface area contributed by atoms with Crippen molar-refractivity contribution < 1.29 is 14.3 Å². The van der Waals surface area contributed by atoms with Crippen molar-refractivity contribution in [1.82, 2.24) is 0 Å². The second-order valence-electron chi connectivity index (χ2n) is 5.84. The summed E-state index contributed by atoms with van der Waals surface area (Å²) in [6, 6.07) is 13.8. The molecule has 0 atom stereocenters. The van der Waals surface area contributed by atoms with Gasteiger partial charge in [0.1, 0.15) is 12.4 Å². The molecule has 1 aliphatic rings. The maximum absolute atomic E-state index is 11.6. The monoisotopic (exact) mass is 310 g/mol. The summed E-state index contributed by atoms with van der Waals surface area (Å²) in [5.41, 5.74) is 4.49. The van der Waals surface area contributed by atoms with E-state index < -0.39 is 0 Å². The molecule has 0 fully saturated rings. The maximum Gasteiger partial charge on any atom is 0.338 e. The van der Waals surface area contributed by atoms with Crippen LogP contribution in [-0.4, -0.2) is 12.6 Å². The highest BCUT2D eigenvalue weighted by Crippen LogP contribution is 2.25. The number of fused-ring (bicyclic) bond motifs is 1. The Bertz CT molecular complexity index is 674. The van der Waals surface area contributed by atoms with Crippen LogP contribution in [0.15, 0.2) is 42.5 Å². The lowest BCUT2D eigenvalue weighted by Gasteiger charge is -2.16. The van der Waals surface area contributed by atoms with Crippen LogP contribution in [0.3, 0.4) is 0 Å². The van der Waals surface area contributed by atoms with Crippen molar-refractivity contribution in [2.24, 2.45) is 0 Å². The molecule has 0 saturated heterocycles. The largest absolute Gasteiger partial charge is 0.489 e. The predicted octanol–water partition coefficient (Wildman–Crippen LogP) is 4.32. The van der Waals surface area contributed by atoms with E-state index in [9.17, 15) is 4.79 Å². The standard InChI is InChI=1S/C20H22O3/c1-2-22-20(21)17-9-7-15(8-10-17)14-23-19-12-11-16-5-3-4-6-18(16)13-19/h7-13H,2-6,14H2,1H3. The molecule has 0 saturated carbocycles. The summed E-state index contributed by atoms with van der Waals surface area (Å²) in [7, 11) is 0. The van der Waals surface area contributed by atoms with Gasteiger partial charge >= 0.3 is 5.97 Å². The Labute approximate surface area is 137 Å². The number of esters is 1. The minimum absolute atomic E-state index is 0.283. The molecule has 3 heteroatoms. The number of aryl methyl sites for hydroxylation is 2. The van der Waals surface area contributed by atoms with E-state index in [-0.39, 0.29) is 5.97 Å². The van der Waals surface area contributed by atoms with Gasteiger partial charge in [0.05, 0.1) is 12.2 Å². The number of hydrogen-bond donors (Lipinski definition) is 0. The Morgan fingerprint density at radius 2 is 1.74 bits per heavy atom. The minimum Gasteiger partial charge on any atom is -0.489 e. The third-order valence-corrected chi connectivity index (χ3v) is 4.19.